The number of imidazole rings is 1. The van der Waals surface area contributed by atoms with Crippen LogP contribution in [0.5, 0.6) is 0 Å². The zero-order chi connectivity index (χ0) is 14.3. The van der Waals surface area contributed by atoms with Gasteiger partial charge < -0.3 is 20.4 Å². The van der Waals surface area contributed by atoms with Crippen LogP contribution in [0.3, 0.4) is 0 Å². The molecule has 1 rings (SSSR count). The van der Waals surface area contributed by atoms with E-state index in [2.05, 4.69) is 14.9 Å². The molecule has 0 aliphatic carbocycles. The molecule has 108 valence electrons. The average molecular weight is 268 g/mol. The molecule has 1 amide bonds. The maximum absolute atomic E-state index is 11.5. The molecule has 0 aliphatic rings. The molecule has 0 aromatic carbocycles. The van der Waals surface area contributed by atoms with Crippen LogP contribution in [0.25, 0.3) is 0 Å². The lowest BCUT2D eigenvalue weighted by Crippen LogP contribution is -2.33. The Balaban J connectivity index is 2.33. The molecule has 0 fully saturated rings. The standard InChI is InChI=1S/C13H24N4O2/c1-13(2,3)19-12(18)16-7-5-11-9-15-10-17(11)8-4-6-14/h9-10H,4-8,14H2,1-3H3,(H,16,18). The zero-order valence-electron chi connectivity index (χ0n) is 12.0. The fourth-order valence-corrected chi connectivity index (χ4v) is 1.63. The van der Waals surface area contributed by atoms with Crippen LogP contribution in [0.15, 0.2) is 12.5 Å². The van der Waals surface area contributed by atoms with Crippen LogP contribution in [0, 0.1) is 0 Å². The monoisotopic (exact) mass is 268 g/mol. The molecular weight excluding hydrogens is 244 g/mol. The highest BCUT2D eigenvalue weighted by atomic mass is 16.6. The van der Waals surface area contributed by atoms with Crippen LogP contribution in [0.4, 0.5) is 4.79 Å². The first-order chi connectivity index (χ1) is 8.92. The number of alkyl carbamates (subject to hydrolysis) is 1. The highest BCUT2D eigenvalue weighted by molar-refractivity contribution is 5.67. The molecule has 19 heavy (non-hydrogen) atoms. The molecular formula is C13H24N4O2. The summed E-state index contributed by atoms with van der Waals surface area (Å²) in [6.45, 7) is 7.58. The van der Waals surface area contributed by atoms with Crippen molar-refractivity contribution in [2.24, 2.45) is 5.73 Å². The normalized spacial score (nSPS) is 11.4. The van der Waals surface area contributed by atoms with Gasteiger partial charge in [-0.2, -0.15) is 0 Å². The number of aryl methyl sites for hydroxylation is 1. The first-order valence-corrected chi connectivity index (χ1v) is 6.58. The van der Waals surface area contributed by atoms with E-state index in [9.17, 15) is 4.79 Å². The number of amides is 1. The fourth-order valence-electron chi connectivity index (χ4n) is 1.63. The third-order valence-electron chi connectivity index (χ3n) is 2.45. The molecule has 0 unspecified atom stereocenters. The number of nitrogens with zero attached hydrogens (tertiary/aromatic N) is 2. The van der Waals surface area contributed by atoms with Crippen molar-refractivity contribution in [3.05, 3.63) is 18.2 Å². The molecule has 0 saturated carbocycles. The van der Waals surface area contributed by atoms with Gasteiger partial charge in [-0.15, -0.1) is 0 Å². The van der Waals surface area contributed by atoms with Crippen LogP contribution < -0.4 is 11.1 Å². The number of nitrogens with two attached hydrogens (primary N) is 1. The first kappa shape index (κ1) is 15.5. The molecule has 0 spiro atoms. The summed E-state index contributed by atoms with van der Waals surface area (Å²) in [4.78, 5) is 15.6. The van der Waals surface area contributed by atoms with Gasteiger partial charge in [0.2, 0.25) is 0 Å². The zero-order valence-corrected chi connectivity index (χ0v) is 12.0. The lowest BCUT2D eigenvalue weighted by Gasteiger charge is -2.19. The number of aromatic nitrogens is 2. The van der Waals surface area contributed by atoms with E-state index >= 15 is 0 Å². The molecule has 0 bridgehead atoms. The SMILES string of the molecule is CC(C)(C)OC(=O)NCCc1cncn1CCCN. The van der Waals surface area contributed by atoms with Gasteiger partial charge in [-0.1, -0.05) is 0 Å². The minimum atomic E-state index is -0.465. The molecule has 1 aromatic heterocycles. The number of carbonyl (C=O) groups excluding carboxylic acids is 1. The van der Waals surface area contributed by atoms with Gasteiger partial charge in [0.05, 0.1) is 6.33 Å². The van der Waals surface area contributed by atoms with Crippen LogP contribution in [0.2, 0.25) is 0 Å². The van der Waals surface area contributed by atoms with Gasteiger partial charge >= 0.3 is 6.09 Å². The van der Waals surface area contributed by atoms with Crippen molar-refractivity contribution < 1.29 is 9.53 Å². The van der Waals surface area contributed by atoms with E-state index in [1.807, 2.05) is 27.0 Å². The molecule has 0 aliphatic heterocycles. The van der Waals surface area contributed by atoms with Crippen molar-refractivity contribution in [1.82, 2.24) is 14.9 Å². The number of carbonyl (C=O) groups is 1. The summed E-state index contributed by atoms with van der Waals surface area (Å²) in [5.74, 6) is 0. The second-order valence-electron chi connectivity index (χ2n) is 5.40. The second-order valence-corrected chi connectivity index (χ2v) is 5.40. The molecule has 6 nitrogen and oxygen atoms in total. The third-order valence-corrected chi connectivity index (χ3v) is 2.45. The number of hydrogen-bond donors (Lipinski definition) is 2. The van der Waals surface area contributed by atoms with E-state index in [4.69, 9.17) is 10.5 Å². The van der Waals surface area contributed by atoms with Gasteiger partial charge in [-0.3, -0.25) is 0 Å². The summed E-state index contributed by atoms with van der Waals surface area (Å²) < 4.78 is 7.22. The summed E-state index contributed by atoms with van der Waals surface area (Å²) in [5, 5.41) is 2.73. The maximum Gasteiger partial charge on any atom is 0.407 e. The molecule has 0 radical (unpaired) electrons. The quantitative estimate of drug-likeness (QED) is 0.814. The molecule has 6 heteroatoms. The summed E-state index contributed by atoms with van der Waals surface area (Å²) in [6, 6.07) is 0. The van der Waals surface area contributed by atoms with Gasteiger partial charge in [0.1, 0.15) is 5.60 Å². The highest BCUT2D eigenvalue weighted by Crippen LogP contribution is 2.06. The van der Waals surface area contributed by atoms with Crippen molar-refractivity contribution in [3.63, 3.8) is 0 Å². The Morgan fingerprint density at radius 1 is 1.53 bits per heavy atom. The predicted octanol–water partition coefficient (Wildman–Crippen LogP) is 1.30. The Hall–Kier alpha value is -1.56. The van der Waals surface area contributed by atoms with E-state index in [0.29, 0.717) is 13.1 Å². The Morgan fingerprint density at radius 2 is 2.26 bits per heavy atom. The van der Waals surface area contributed by atoms with Gasteiger partial charge in [0.25, 0.3) is 0 Å². The molecule has 0 atom stereocenters. The molecule has 1 aromatic rings. The van der Waals surface area contributed by atoms with Crippen molar-refractivity contribution in [2.45, 2.75) is 45.8 Å². The van der Waals surface area contributed by atoms with E-state index in [1.54, 1.807) is 6.33 Å². The number of rotatable bonds is 6. The fraction of sp³-hybridized carbons (Fsp3) is 0.692. The third kappa shape index (κ3) is 6.24. The van der Waals surface area contributed by atoms with Gasteiger partial charge in [-0.25, -0.2) is 9.78 Å². The van der Waals surface area contributed by atoms with Crippen molar-refractivity contribution >= 4 is 6.09 Å². The lowest BCUT2D eigenvalue weighted by atomic mass is 10.2. The first-order valence-electron chi connectivity index (χ1n) is 6.58. The van der Waals surface area contributed by atoms with E-state index in [0.717, 1.165) is 25.1 Å². The number of ether oxygens (including phenoxy) is 1. The van der Waals surface area contributed by atoms with Gasteiger partial charge in [0, 0.05) is 31.4 Å². The molecule has 1 heterocycles. The van der Waals surface area contributed by atoms with Gasteiger partial charge in [-0.05, 0) is 33.7 Å². The minimum absolute atomic E-state index is 0.388. The van der Waals surface area contributed by atoms with Crippen LogP contribution in [-0.4, -0.2) is 34.3 Å². The Labute approximate surface area is 114 Å². The van der Waals surface area contributed by atoms with Crippen LogP contribution in [0.1, 0.15) is 32.9 Å². The summed E-state index contributed by atoms with van der Waals surface area (Å²) >= 11 is 0. The van der Waals surface area contributed by atoms with E-state index < -0.39 is 5.60 Å². The maximum atomic E-state index is 11.5. The summed E-state index contributed by atoms with van der Waals surface area (Å²) in [6.07, 6.45) is 4.86. The Bertz CT molecular complexity index is 396. The number of nitrogens with one attached hydrogen (secondary N) is 1. The topological polar surface area (TPSA) is 82.2 Å². The van der Waals surface area contributed by atoms with Crippen molar-refractivity contribution in [2.75, 3.05) is 13.1 Å². The summed E-state index contributed by atoms with van der Waals surface area (Å²) in [7, 11) is 0. The highest BCUT2D eigenvalue weighted by Gasteiger charge is 2.15. The van der Waals surface area contributed by atoms with Crippen LogP contribution >= 0.6 is 0 Å². The largest absolute Gasteiger partial charge is 0.444 e. The van der Waals surface area contributed by atoms with Crippen molar-refractivity contribution in [1.29, 1.82) is 0 Å². The minimum Gasteiger partial charge on any atom is -0.444 e. The predicted molar refractivity (Wildman–Crippen MR) is 73.8 cm³/mol. The second kappa shape index (κ2) is 7.13. The molecule has 0 saturated heterocycles. The smallest absolute Gasteiger partial charge is 0.407 e. The Morgan fingerprint density at radius 3 is 2.89 bits per heavy atom. The van der Waals surface area contributed by atoms with E-state index in [-0.39, 0.29) is 6.09 Å². The van der Waals surface area contributed by atoms with Crippen LogP contribution in [-0.2, 0) is 17.7 Å². The van der Waals surface area contributed by atoms with Crippen molar-refractivity contribution in [3.8, 4) is 0 Å². The number of hydrogen-bond acceptors (Lipinski definition) is 4. The van der Waals surface area contributed by atoms with E-state index in [1.165, 1.54) is 0 Å². The summed E-state index contributed by atoms with van der Waals surface area (Å²) in [5.41, 5.74) is 6.11. The lowest BCUT2D eigenvalue weighted by molar-refractivity contribution is 0.0528. The average Bonchev–Trinajstić information content (AvgIpc) is 2.71. The van der Waals surface area contributed by atoms with Gasteiger partial charge in [0.15, 0.2) is 0 Å². The molecule has 3 N–H and O–H groups in total. The Kier molecular flexibility index (Phi) is 5.82.